The van der Waals surface area contributed by atoms with Crippen LogP contribution in [0.15, 0.2) is 0 Å². The van der Waals surface area contributed by atoms with Crippen molar-refractivity contribution in [1.82, 2.24) is 5.32 Å². The van der Waals surface area contributed by atoms with Crippen molar-refractivity contribution >= 4 is 0 Å². The molecule has 0 heterocycles. The van der Waals surface area contributed by atoms with Crippen LogP contribution >= 0.6 is 0 Å². The van der Waals surface area contributed by atoms with Gasteiger partial charge in [0.15, 0.2) is 0 Å². The van der Waals surface area contributed by atoms with Crippen molar-refractivity contribution < 1.29 is 4.74 Å². The van der Waals surface area contributed by atoms with E-state index in [-0.39, 0.29) is 11.1 Å². The molecule has 124 valence electrons. The number of nitrogens with one attached hydrogen (secondary N) is 1. The molecular formula is C19H37NO. The fraction of sp³-hybridized carbons (Fsp3) is 1.00. The van der Waals surface area contributed by atoms with E-state index >= 15 is 0 Å². The van der Waals surface area contributed by atoms with Gasteiger partial charge in [0, 0.05) is 12.1 Å². The second-order valence-electron chi connectivity index (χ2n) is 8.52. The fourth-order valence-electron chi connectivity index (χ4n) is 3.82. The van der Waals surface area contributed by atoms with Gasteiger partial charge in [0.1, 0.15) is 0 Å². The van der Waals surface area contributed by atoms with Gasteiger partial charge in [0.05, 0.1) is 12.2 Å². The van der Waals surface area contributed by atoms with Crippen LogP contribution in [0.5, 0.6) is 0 Å². The molecule has 2 fully saturated rings. The minimum atomic E-state index is 0.112. The van der Waals surface area contributed by atoms with Crippen LogP contribution in [-0.2, 0) is 4.74 Å². The highest BCUT2D eigenvalue weighted by Gasteiger charge is 2.33. The van der Waals surface area contributed by atoms with E-state index < -0.39 is 0 Å². The Morgan fingerprint density at radius 2 is 1.48 bits per heavy atom. The summed E-state index contributed by atoms with van der Waals surface area (Å²) >= 11 is 0. The molecule has 0 spiro atoms. The van der Waals surface area contributed by atoms with Crippen LogP contribution in [0.4, 0.5) is 0 Å². The van der Waals surface area contributed by atoms with E-state index in [1.165, 1.54) is 70.6 Å². The van der Waals surface area contributed by atoms with E-state index in [1.54, 1.807) is 0 Å². The van der Waals surface area contributed by atoms with Crippen molar-refractivity contribution in [3.05, 3.63) is 0 Å². The monoisotopic (exact) mass is 295 g/mol. The maximum atomic E-state index is 6.62. The second kappa shape index (κ2) is 7.97. The molecule has 0 aromatic carbocycles. The molecule has 2 rings (SSSR count). The quantitative estimate of drug-likeness (QED) is 0.715. The molecule has 2 saturated carbocycles. The normalized spacial score (nSPS) is 24.7. The van der Waals surface area contributed by atoms with Gasteiger partial charge in [-0.1, -0.05) is 44.9 Å². The summed E-state index contributed by atoms with van der Waals surface area (Å²) in [5.41, 5.74) is 0.300. The van der Waals surface area contributed by atoms with Crippen LogP contribution in [0.3, 0.4) is 0 Å². The smallest absolute Gasteiger partial charge is 0.0806 e. The van der Waals surface area contributed by atoms with Crippen LogP contribution in [0.2, 0.25) is 0 Å². The summed E-state index contributed by atoms with van der Waals surface area (Å²) in [6.45, 7) is 8.82. The first-order valence-electron chi connectivity index (χ1n) is 9.38. The third kappa shape index (κ3) is 6.28. The van der Waals surface area contributed by atoms with Gasteiger partial charge in [-0.05, 0) is 52.4 Å². The first kappa shape index (κ1) is 17.3. The van der Waals surface area contributed by atoms with Gasteiger partial charge in [-0.2, -0.15) is 0 Å². The maximum absolute atomic E-state index is 6.62. The van der Waals surface area contributed by atoms with Gasteiger partial charge >= 0.3 is 0 Å². The summed E-state index contributed by atoms with van der Waals surface area (Å²) in [5.74, 6) is 0.827. The standard InChI is InChI=1S/C19H37NO/c1-18(2,3)20-16-19(13-9-4-5-10-14-19)21-15-17-11-7-6-8-12-17/h17,20H,4-16H2,1-3H3. The lowest BCUT2D eigenvalue weighted by atomic mass is 9.88. The molecule has 0 bridgehead atoms. The molecule has 0 aromatic heterocycles. The molecule has 2 heteroatoms. The van der Waals surface area contributed by atoms with Crippen molar-refractivity contribution in [1.29, 1.82) is 0 Å². The fourth-order valence-corrected chi connectivity index (χ4v) is 3.82. The molecule has 0 amide bonds. The average molecular weight is 296 g/mol. The maximum Gasteiger partial charge on any atom is 0.0806 e. The zero-order chi connectivity index (χ0) is 15.2. The van der Waals surface area contributed by atoms with E-state index in [0.29, 0.717) is 0 Å². The largest absolute Gasteiger partial charge is 0.373 e. The van der Waals surface area contributed by atoms with Gasteiger partial charge in [0.2, 0.25) is 0 Å². The molecule has 0 unspecified atom stereocenters. The molecule has 0 saturated heterocycles. The van der Waals surface area contributed by atoms with Crippen molar-refractivity contribution in [3.63, 3.8) is 0 Å². The lowest BCUT2D eigenvalue weighted by Crippen LogP contribution is -2.49. The highest BCUT2D eigenvalue weighted by atomic mass is 16.5. The van der Waals surface area contributed by atoms with Gasteiger partial charge in [0.25, 0.3) is 0 Å². The van der Waals surface area contributed by atoms with E-state index in [0.717, 1.165) is 19.1 Å². The Bertz CT molecular complexity index is 280. The van der Waals surface area contributed by atoms with E-state index in [1.807, 2.05) is 0 Å². The molecule has 1 N–H and O–H groups in total. The minimum Gasteiger partial charge on any atom is -0.373 e. The number of rotatable bonds is 5. The molecule has 2 aliphatic rings. The Labute approximate surface area is 132 Å². The SMILES string of the molecule is CC(C)(C)NCC1(OCC2CCCCC2)CCCCCC1. The average Bonchev–Trinajstić information content (AvgIpc) is 2.70. The summed E-state index contributed by atoms with van der Waals surface area (Å²) in [4.78, 5) is 0. The first-order chi connectivity index (χ1) is 9.99. The third-order valence-corrected chi connectivity index (χ3v) is 5.31. The van der Waals surface area contributed by atoms with Crippen LogP contribution in [-0.4, -0.2) is 24.3 Å². The van der Waals surface area contributed by atoms with Crippen LogP contribution in [0.25, 0.3) is 0 Å². The predicted octanol–water partition coefficient (Wildman–Crippen LogP) is 5.06. The summed E-state index contributed by atoms with van der Waals surface area (Å²) in [5, 5.41) is 3.72. The predicted molar refractivity (Wildman–Crippen MR) is 90.7 cm³/mol. The Morgan fingerprint density at radius 3 is 2.05 bits per heavy atom. The summed E-state index contributed by atoms with van der Waals surface area (Å²) in [7, 11) is 0. The van der Waals surface area contributed by atoms with Crippen molar-refractivity contribution in [2.75, 3.05) is 13.2 Å². The van der Waals surface area contributed by atoms with Crippen LogP contribution in [0.1, 0.15) is 91.4 Å². The van der Waals surface area contributed by atoms with Gasteiger partial charge in [-0.3, -0.25) is 0 Å². The molecule has 21 heavy (non-hydrogen) atoms. The van der Waals surface area contributed by atoms with Crippen molar-refractivity contribution in [2.45, 2.75) is 103 Å². The number of hydrogen-bond donors (Lipinski definition) is 1. The summed E-state index contributed by atoms with van der Waals surface area (Å²) in [6, 6.07) is 0. The van der Waals surface area contributed by atoms with Crippen molar-refractivity contribution in [2.24, 2.45) is 5.92 Å². The summed E-state index contributed by atoms with van der Waals surface area (Å²) in [6.07, 6.45) is 15.0. The van der Waals surface area contributed by atoms with E-state index in [4.69, 9.17) is 4.74 Å². The third-order valence-electron chi connectivity index (χ3n) is 5.31. The van der Waals surface area contributed by atoms with Crippen molar-refractivity contribution in [3.8, 4) is 0 Å². The van der Waals surface area contributed by atoms with Gasteiger partial charge in [-0.15, -0.1) is 0 Å². The number of hydrogen-bond acceptors (Lipinski definition) is 2. The first-order valence-corrected chi connectivity index (χ1v) is 9.38. The minimum absolute atomic E-state index is 0.112. The zero-order valence-corrected chi connectivity index (χ0v) is 14.7. The molecular weight excluding hydrogens is 258 g/mol. The Kier molecular flexibility index (Phi) is 6.55. The topological polar surface area (TPSA) is 21.3 Å². The van der Waals surface area contributed by atoms with Gasteiger partial charge in [-0.25, -0.2) is 0 Å². The van der Waals surface area contributed by atoms with Crippen LogP contribution in [0, 0.1) is 5.92 Å². The Morgan fingerprint density at radius 1 is 0.905 bits per heavy atom. The molecule has 0 aliphatic heterocycles. The highest BCUT2D eigenvalue weighted by Crippen LogP contribution is 2.33. The van der Waals surface area contributed by atoms with Gasteiger partial charge < -0.3 is 10.1 Å². The summed E-state index contributed by atoms with van der Waals surface area (Å²) < 4.78 is 6.62. The number of ether oxygens (including phenoxy) is 1. The zero-order valence-electron chi connectivity index (χ0n) is 14.7. The molecule has 2 aliphatic carbocycles. The molecule has 0 aromatic rings. The highest BCUT2D eigenvalue weighted by molar-refractivity contribution is 4.88. The lowest BCUT2D eigenvalue weighted by molar-refractivity contribution is -0.0757. The molecule has 0 radical (unpaired) electrons. The molecule has 0 atom stereocenters. The van der Waals surface area contributed by atoms with Crippen LogP contribution < -0.4 is 5.32 Å². The molecule has 2 nitrogen and oxygen atoms in total. The Hall–Kier alpha value is -0.0800. The second-order valence-corrected chi connectivity index (χ2v) is 8.52. The van der Waals surface area contributed by atoms with E-state index in [2.05, 4.69) is 26.1 Å². The Balaban J connectivity index is 1.89. The lowest BCUT2D eigenvalue weighted by Gasteiger charge is -2.38. The van der Waals surface area contributed by atoms with E-state index in [9.17, 15) is 0 Å².